The number of carbonyl (C=O) groups is 1. The highest BCUT2D eigenvalue weighted by Crippen LogP contribution is 2.33. The number of ether oxygens (including phenoxy) is 1. The molecule has 5 nitrogen and oxygen atoms in total. The highest BCUT2D eigenvalue weighted by molar-refractivity contribution is 7.21. The van der Waals surface area contributed by atoms with Crippen LogP contribution in [0.2, 0.25) is 0 Å². The van der Waals surface area contributed by atoms with Gasteiger partial charge in [-0.15, -0.1) is 11.3 Å². The second-order valence-corrected chi connectivity index (χ2v) is 6.81. The summed E-state index contributed by atoms with van der Waals surface area (Å²) >= 11 is 1.34. The van der Waals surface area contributed by atoms with Crippen LogP contribution < -0.4 is 11.1 Å². The number of carbonyl (C=O) groups excluding carboxylic acids is 1. The number of hydrogen-bond acceptors (Lipinski definition) is 5. The topological polar surface area (TPSA) is 77.2 Å². The van der Waals surface area contributed by atoms with Crippen LogP contribution in [0.25, 0.3) is 10.2 Å². The van der Waals surface area contributed by atoms with Crippen LogP contribution in [0.1, 0.15) is 29.4 Å². The third-order valence-corrected chi connectivity index (χ3v) is 5.21. The summed E-state index contributed by atoms with van der Waals surface area (Å²) in [7, 11) is 0. The van der Waals surface area contributed by atoms with Crippen molar-refractivity contribution in [2.24, 2.45) is 5.41 Å². The molecule has 0 bridgehead atoms. The standard InChI is InChI=1S/C15H19N3O2S/c1-15(4-7-20-8-5-15)9-18-13(19)12-11(16)10-3-2-6-17-14(10)21-12/h2-3,6H,4-5,7-9,16H2,1H3,(H,18,19). The van der Waals surface area contributed by atoms with E-state index in [1.165, 1.54) is 11.3 Å². The SMILES string of the molecule is CC1(CNC(=O)c2sc3ncccc3c2N)CCOCC1. The Hall–Kier alpha value is -1.66. The molecule has 1 amide bonds. The molecule has 0 radical (unpaired) electrons. The van der Waals surface area contributed by atoms with E-state index in [1.807, 2.05) is 12.1 Å². The number of nitrogen functional groups attached to an aromatic ring is 1. The van der Waals surface area contributed by atoms with E-state index >= 15 is 0 Å². The monoisotopic (exact) mass is 305 g/mol. The molecule has 3 rings (SSSR count). The predicted molar refractivity (Wildman–Crippen MR) is 84.5 cm³/mol. The molecule has 3 heterocycles. The van der Waals surface area contributed by atoms with Crippen LogP contribution in [-0.2, 0) is 4.74 Å². The van der Waals surface area contributed by atoms with Crippen molar-refractivity contribution in [1.29, 1.82) is 0 Å². The van der Waals surface area contributed by atoms with Crippen molar-refractivity contribution in [2.75, 3.05) is 25.5 Å². The number of nitrogens with one attached hydrogen (secondary N) is 1. The van der Waals surface area contributed by atoms with Gasteiger partial charge < -0.3 is 15.8 Å². The van der Waals surface area contributed by atoms with Crippen molar-refractivity contribution in [3.63, 3.8) is 0 Å². The molecule has 1 aliphatic rings. The Morgan fingerprint density at radius 2 is 2.29 bits per heavy atom. The first-order valence-corrected chi connectivity index (χ1v) is 7.90. The largest absolute Gasteiger partial charge is 0.397 e. The van der Waals surface area contributed by atoms with Gasteiger partial charge in [-0.05, 0) is 30.4 Å². The number of amides is 1. The van der Waals surface area contributed by atoms with Gasteiger partial charge in [0.05, 0.1) is 5.69 Å². The Kier molecular flexibility index (Phi) is 3.82. The first kappa shape index (κ1) is 14.3. The Bertz CT molecular complexity index is 662. The molecular weight excluding hydrogens is 286 g/mol. The van der Waals surface area contributed by atoms with E-state index in [9.17, 15) is 4.79 Å². The zero-order valence-corrected chi connectivity index (χ0v) is 12.8. The van der Waals surface area contributed by atoms with Crippen LogP contribution in [0.3, 0.4) is 0 Å². The average molecular weight is 305 g/mol. The van der Waals surface area contributed by atoms with Gasteiger partial charge >= 0.3 is 0 Å². The number of pyridine rings is 1. The molecule has 2 aromatic rings. The van der Waals surface area contributed by atoms with Gasteiger partial charge in [-0.1, -0.05) is 6.92 Å². The molecule has 0 aromatic carbocycles. The van der Waals surface area contributed by atoms with Gasteiger partial charge in [0.1, 0.15) is 9.71 Å². The Morgan fingerprint density at radius 3 is 3.00 bits per heavy atom. The van der Waals surface area contributed by atoms with E-state index in [0.717, 1.165) is 36.3 Å². The smallest absolute Gasteiger partial charge is 0.263 e. The molecule has 6 heteroatoms. The van der Waals surface area contributed by atoms with Gasteiger partial charge in [-0.3, -0.25) is 4.79 Å². The molecular formula is C15H19N3O2S. The Morgan fingerprint density at radius 1 is 1.52 bits per heavy atom. The number of fused-ring (bicyclic) bond motifs is 1. The van der Waals surface area contributed by atoms with E-state index in [4.69, 9.17) is 10.5 Å². The number of anilines is 1. The fourth-order valence-electron chi connectivity index (χ4n) is 2.53. The van der Waals surface area contributed by atoms with Crippen molar-refractivity contribution in [1.82, 2.24) is 10.3 Å². The van der Waals surface area contributed by atoms with E-state index in [1.54, 1.807) is 6.20 Å². The van der Waals surface area contributed by atoms with Gasteiger partial charge in [0.25, 0.3) is 5.91 Å². The van der Waals surface area contributed by atoms with Gasteiger partial charge in [-0.2, -0.15) is 0 Å². The lowest BCUT2D eigenvalue weighted by Gasteiger charge is -2.33. The van der Waals surface area contributed by atoms with Crippen molar-refractivity contribution in [3.05, 3.63) is 23.2 Å². The van der Waals surface area contributed by atoms with Crippen molar-refractivity contribution in [2.45, 2.75) is 19.8 Å². The highest BCUT2D eigenvalue weighted by atomic mass is 32.1. The fourth-order valence-corrected chi connectivity index (χ4v) is 3.51. The molecule has 0 atom stereocenters. The summed E-state index contributed by atoms with van der Waals surface area (Å²) in [6.45, 7) is 4.37. The molecule has 1 saturated heterocycles. The molecule has 0 unspecified atom stereocenters. The quantitative estimate of drug-likeness (QED) is 0.913. The van der Waals surface area contributed by atoms with Crippen LogP contribution in [0.5, 0.6) is 0 Å². The van der Waals surface area contributed by atoms with Crippen LogP contribution in [-0.4, -0.2) is 30.6 Å². The minimum absolute atomic E-state index is 0.108. The molecule has 1 aliphatic heterocycles. The van der Waals surface area contributed by atoms with Gasteiger partial charge in [0.15, 0.2) is 0 Å². The third-order valence-electron chi connectivity index (χ3n) is 4.09. The van der Waals surface area contributed by atoms with Crippen molar-refractivity contribution in [3.8, 4) is 0 Å². The average Bonchev–Trinajstić information content (AvgIpc) is 2.84. The van der Waals surface area contributed by atoms with Gasteiger partial charge in [0.2, 0.25) is 0 Å². The Balaban J connectivity index is 1.73. The summed E-state index contributed by atoms with van der Waals surface area (Å²) in [5, 5.41) is 3.87. The molecule has 2 aromatic heterocycles. The summed E-state index contributed by atoms with van der Waals surface area (Å²) in [5.74, 6) is -0.108. The van der Waals surface area contributed by atoms with E-state index < -0.39 is 0 Å². The molecule has 0 spiro atoms. The molecule has 112 valence electrons. The zero-order valence-electron chi connectivity index (χ0n) is 12.0. The minimum Gasteiger partial charge on any atom is -0.397 e. The van der Waals surface area contributed by atoms with E-state index in [0.29, 0.717) is 17.1 Å². The molecule has 0 saturated carbocycles. The lowest BCUT2D eigenvalue weighted by molar-refractivity contribution is 0.0239. The van der Waals surface area contributed by atoms with Crippen LogP contribution in [0.15, 0.2) is 18.3 Å². The Labute approximate surface area is 127 Å². The number of hydrogen-bond donors (Lipinski definition) is 2. The summed E-state index contributed by atoms with van der Waals surface area (Å²) in [6.07, 6.45) is 3.65. The lowest BCUT2D eigenvalue weighted by Crippen LogP contribution is -2.39. The second kappa shape index (κ2) is 5.61. The molecule has 0 aliphatic carbocycles. The summed E-state index contributed by atoms with van der Waals surface area (Å²) < 4.78 is 5.38. The first-order valence-electron chi connectivity index (χ1n) is 7.08. The number of nitrogens with two attached hydrogens (primary N) is 1. The normalized spacial score (nSPS) is 17.8. The molecule has 21 heavy (non-hydrogen) atoms. The first-order chi connectivity index (χ1) is 10.1. The third kappa shape index (κ3) is 2.87. The molecule has 1 fully saturated rings. The maximum absolute atomic E-state index is 12.4. The highest BCUT2D eigenvalue weighted by Gasteiger charge is 2.28. The zero-order chi connectivity index (χ0) is 14.9. The summed E-state index contributed by atoms with van der Waals surface area (Å²) in [5.41, 5.74) is 6.71. The molecule has 3 N–H and O–H groups in total. The number of rotatable bonds is 3. The second-order valence-electron chi connectivity index (χ2n) is 5.81. The van der Waals surface area contributed by atoms with Gasteiger partial charge in [-0.25, -0.2) is 4.98 Å². The van der Waals surface area contributed by atoms with Gasteiger partial charge in [0, 0.05) is 31.3 Å². The maximum atomic E-state index is 12.4. The number of aromatic nitrogens is 1. The van der Waals surface area contributed by atoms with Crippen molar-refractivity contribution >= 4 is 33.1 Å². The predicted octanol–water partition coefficient (Wildman–Crippen LogP) is 2.43. The lowest BCUT2D eigenvalue weighted by atomic mass is 9.82. The van der Waals surface area contributed by atoms with Crippen molar-refractivity contribution < 1.29 is 9.53 Å². The van der Waals surface area contributed by atoms with Crippen LogP contribution >= 0.6 is 11.3 Å². The summed E-state index contributed by atoms with van der Waals surface area (Å²) in [6, 6.07) is 3.72. The van der Waals surface area contributed by atoms with Crippen LogP contribution in [0, 0.1) is 5.41 Å². The minimum atomic E-state index is -0.108. The van der Waals surface area contributed by atoms with E-state index in [-0.39, 0.29) is 11.3 Å². The fraction of sp³-hybridized carbons (Fsp3) is 0.467. The summed E-state index contributed by atoms with van der Waals surface area (Å²) in [4.78, 5) is 18.0. The van der Waals surface area contributed by atoms with E-state index in [2.05, 4.69) is 17.2 Å². The number of nitrogens with zero attached hydrogens (tertiary/aromatic N) is 1. The maximum Gasteiger partial charge on any atom is 0.263 e. The number of thiophene rings is 1. The van der Waals surface area contributed by atoms with Crippen LogP contribution in [0.4, 0.5) is 5.69 Å².